The van der Waals surface area contributed by atoms with Crippen molar-refractivity contribution in [2.45, 2.75) is 48.1 Å². The third-order valence-electron chi connectivity index (χ3n) is 5.95. The van der Waals surface area contributed by atoms with Crippen molar-refractivity contribution in [3.8, 4) is 11.5 Å². The van der Waals surface area contributed by atoms with Gasteiger partial charge in [-0.15, -0.1) is 0 Å². The first-order valence-corrected chi connectivity index (χ1v) is 11.8. The van der Waals surface area contributed by atoms with Gasteiger partial charge in [-0.3, -0.25) is 14.8 Å². The lowest BCUT2D eigenvalue weighted by atomic mass is 10.1. The van der Waals surface area contributed by atoms with Gasteiger partial charge in [-0.05, 0) is 76.9 Å². The summed E-state index contributed by atoms with van der Waals surface area (Å²) in [6, 6.07) is 11.1. The lowest BCUT2D eigenvalue weighted by molar-refractivity contribution is 0.0976. The summed E-state index contributed by atoms with van der Waals surface area (Å²) in [5.74, 6) is 1.20. The van der Waals surface area contributed by atoms with Crippen LogP contribution in [0.25, 0.3) is 0 Å². The normalized spacial score (nSPS) is 11.3. The number of hydrogen-bond acceptors (Lipinski definition) is 5. The van der Waals surface area contributed by atoms with E-state index in [1.807, 2.05) is 71.5 Å². The molecule has 0 aliphatic heterocycles. The number of nitrogens with zero attached hydrogens (tertiary/aromatic N) is 3. The molecule has 35 heavy (non-hydrogen) atoms. The molecule has 0 atom stereocenters. The maximum absolute atomic E-state index is 13.2. The third kappa shape index (κ3) is 6.20. The molecule has 0 fully saturated rings. The number of benzene rings is 2. The zero-order valence-electron chi connectivity index (χ0n) is 21.7. The van der Waals surface area contributed by atoms with Crippen molar-refractivity contribution >= 4 is 17.6 Å². The topological polar surface area (TPSA) is 89.8 Å². The standard InChI is InChI=1S/C27H35N5O3/c1-8-34-24-14-13-21(15-25(24)35-9-2)26(33)30-27(29-23-12-10-11-17(3)18(23)4)28-16-22-19(5)31-32(7)20(22)6/h10-15H,8-9,16H2,1-7H3,(H2,28,29,30,33). The Balaban J connectivity index is 1.91. The molecule has 0 spiro atoms. The van der Waals surface area contributed by atoms with Crippen LogP contribution in [0.3, 0.4) is 0 Å². The van der Waals surface area contributed by atoms with Gasteiger partial charge in [-0.1, -0.05) is 12.1 Å². The van der Waals surface area contributed by atoms with Gasteiger partial charge in [-0.2, -0.15) is 5.10 Å². The second-order valence-corrected chi connectivity index (χ2v) is 8.29. The summed E-state index contributed by atoms with van der Waals surface area (Å²) in [6.07, 6.45) is 0. The van der Waals surface area contributed by atoms with Gasteiger partial charge in [0, 0.05) is 29.6 Å². The highest BCUT2D eigenvalue weighted by atomic mass is 16.5. The average Bonchev–Trinajstić information content (AvgIpc) is 3.07. The molecule has 8 nitrogen and oxygen atoms in total. The van der Waals surface area contributed by atoms with Crippen LogP contribution in [0.15, 0.2) is 41.4 Å². The van der Waals surface area contributed by atoms with Crippen molar-refractivity contribution in [1.82, 2.24) is 15.1 Å². The van der Waals surface area contributed by atoms with E-state index in [9.17, 15) is 4.79 Å². The fourth-order valence-corrected chi connectivity index (χ4v) is 3.70. The zero-order valence-corrected chi connectivity index (χ0v) is 21.7. The maximum atomic E-state index is 13.2. The van der Waals surface area contributed by atoms with Crippen LogP contribution in [-0.4, -0.2) is 34.9 Å². The number of aromatic nitrogens is 2. The Bertz CT molecular complexity index is 1230. The lowest BCUT2D eigenvalue weighted by Crippen LogP contribution is -2.36. The number of carbonyl (C=O) groups is 1. The van der Waals surface area contributed by atoms with Crippen molar-refractivity contribution < 1.29 is 14.3 Å². The van der Waals surface area contributed by atoms with Crippen molar-refractivity contribution in [3.63, 3.8) is 0 Å². The van der Waals surface area contributed by atoms with Crippen LogP contribution >= 0.6 is 0 Å². The lowest BCUT2D eigenvalue weighted by Gasteiger charge is -2.16. The van der Waals surface area contributed by atoms with Gasteiger partial charge in [0.15, 0.2) is 11.5 Å². The van der Waals surface area contributed by atoms with Crippen LogP contribution in [0.4, 0.5) is 5.69 Å². The molecule has 1 amide bonds. The molecule has 0 bridgehead atoms. The van der Waals surface area contributed by atoms with E-state index in [2.05, 4.69) is 15.7 Å². The zero-order chi connectivity index (χ0) is 25.5. The smallest absolute Gasteiger partial charge is 0.258 e. The summed E-state index contributed by atoms with van der Waals surface area (Å²) in [4.78, 5) is 18.0. The van der Waals surface area contributed by atoms with Gasteiger partial charge >= 0.3 is 0 Å². The Morgan fingerprint density at radius 3 is 2.40 bits per heavy atom. The summed E-state index contributed by atoms with van der Waals surface area (Å²) in [5, 5.41) is 10.7. The number of hydrogen-bond donors (Lipinski definition) is 2. The van der Waals surface area contributed by atoms with Crippen LogP contribution < -0.4 is 20.1 Å². The Labute approximate surface area is 207 Å². The van der Waals surface area contributed by atoms with Crippen LogP contribution in [0.2, 0.25) is 0 Å². The summed E-state index contributed by atoms with van der Waals surface area (Å²) in [6.45, 7) is 13.2. The van der Waals surface area contributed by atoms with Gasteiger partial charge in [0.05, 0.1) is 25.5 Å². The monoisotopic (exact) mass is 477 g/mol. The molecule has 2 aromatic carbocycles. The molecule has 0 radical (unpaired) electrons. The Morgan fingerprint density at radius 2 is 1.74 bits per heavy atom. The molecule has 1 heterocycles. The molecule has 0 saturated heterocycles. The largest absolute Gasteiger partial charge is 0.490 e. The molecular formula is C27H35N5O3. The number of ether oxygens (including phenoxy) is 2. The number of rotatable bonds is 8. The van der Waals surface area contributed by atoms with E-state index in [4.69, 9.17) is 14.5 Å². The fraction of sp³-hybridized carbons (Fsp3) is 0.370. The minimum Gasteiger partial charge on any atom is -0.490 e. The predicted molar refractivity (Wildman–Crippen MR) is 140 cm³/mol. The van der Waals surface area contributed by atoms with E-state index < -0.39 is 0 Å². The maximum Gasteiger partial charge on any atom is 0.258 e. The van der Waals surface area contributed by atoms with E-state index in [-0.39, 0.29) is 5.91 Å². The second-order valence-electron chi connectivity index (χ2n) is 8.29. The van der Waals surface area contributed by atoms with Gasteiger partial charge in [0.25, 0.3) is 5.91 Å². The highest BCUT2D eigenvalue weighted by Gasteiger charge is 2.15. The number of nitrogens with one attached hydrogen (secondary N) is 2. The first kappa shape index (κ1) is 25.8. The van der Waals surface area contributed by atoms with Crippen LogP contribution in [0.1, 0.15) is 52.3 Å². The molecule has 0 unspecified atom stereocenters. The van der Waals surface area contributed by atoms with E-state index in [1.165, 1.54) is 0 Å². The van der Waals surface area contributed by atoms with Gasteiger partial charge < -0.3 is 14.8 Å². The summed E-state index contributed by atoms with van der Waals surface area (Å²) >= 11 is 0. The van der Waals surface area contributed by atoms with Gasteiger partial charge in [0.2, 0.25) is 5.96 Å². The molecule has 1 aromatic heterocycles. The Kier molecular flexibility index (Phi) is 8.52. The van der Waals surface area contributed by atoms with Gasteiger partial charge in [-0.25, -0.2) is 4.99 Å². The molecule has 3 aromatic rings. The number of amides is 1. The number of aliphatic imine (C=N–C) groups is 1. The molecule has 0 aliphatic rings. The van der Waals surface area contributed by atoms with Crippen molar-refractivity contribution in [2.24, 2.45) is 12.0 Å². The van der Waals surface area contributed by atoms with Crippen molar-refractivity contribution in [3.05, 3.63) is 70.0 Å². The molecule has 186 valence electrons. The first-order chi connectivity index (χ1) is 16.7. The molecule has 8 heteroatoms. The quantitative estimate of drug-likeness (QED) is 0.358. The highest BCUT2D eigenvalue weighted by Crippen LogP contribution is 2.28. The fourth-order valence-electron chi connectivity index (χ4n) is 3.70. The van der Waals surface area contributed by atoms with E-state index in [0.717, 1.165) is 33.8 Å². The first-order valence-electron chi connectivity index (χ1n) is 11.8. The molecule has 0 saturated carbocycles. The van der Waals surface area contributed by atoms with Crippen molar-refractivity contribution in [2.75, 3.05) is 18.5 Å². The summed E-state index contributed by atoms with van der Waals surface area (Å²) in [5.41, 5.74) is 6.54. The number of guanidine groups is 1. The highest BCUT2D eigenvalue weighted by molar-refractivity contribution is 6.10. The van der Waals surface area contributed by atoms with Crippen LogP contribution in [-0.2, 0) is 13.6 Å². The summed E-state index contributed by atoms with van der Waals surface area (Å²) < 4.78 is 13.1. The van der Waals surface area contributed by atoms with E-state index >= 15 is 0 Å². The summed E-state index contributed by atoms with van der Waals surface area (Å²) in [7, 11) is 1.91. The molecule has 0 aliphatic carbocycles. The van der Waals surface area contributed by atoms with E-state index in [1.54, 1.807) is 18.2 Å². The predicted octanol–water partition coefficient (Wildman–Crippen LogP) is 4.85. The SMILES string of the molecule is CCOc1ccc(C(=O)NC(=NCc2c(C)nn(C)c2C)Nc2cccc(C)c2C)cc1OCC. The van der Waals surface area contributed by atoms with Crippen molar-refractivity contribution in [1.29, 1.82) is 0 Å². The second kappa shape index (κ2) is 11.6. The molecular weight excluding hydrogens is 442 g/mol. The van der Waals surface area contributed by atoms with E-state index in [0.29, 0.717) is 42.8 Å². The molecule has 2 N–H and O–H groups in total. The number of aryl methyl sites for hydroxylation is 3. The van der Waals surface area contributed by atoms with Gasteiger partial charge in [0.1, 0.15) is 0 Å². The number of anilines is 1. The molecule has 3 rings (SSSR count). The Hall–Kier alpha value is -3.81. The minimum absolute atomic E-state index is 0.301. The third-order valence-corrected chi connectivity index (χ3v) is 5.95. The average molecular weight is 478 g/mol. The number of carbonyl (C=O) groups excluding carboxylic acids is 1. The Morgan fingerprint density at radius 1 is 1.03 bits per heavy atom. The van der Waals surface area contributed by atoms with Crippen LogP contribution in [0.5, 0.6) is 11.5 Å². The minimum atomic E-state index is -0.301. The van der Waals surface area contributed by atoms with Crippen LogP contribution in [0, 0.1) is 27.7 Å².